The molecule has 5 heteroatoms. The molecule has 0 N–H and O–H groups in total. The Bertz CT molecular complexity index is 1040. The quantitative estimate of drug-likeness (QED) is 0.512. The van der Waals surface area contributed by atoms with Crippen LogP contribution < -0.4 is 4.74 Å². The van der Waals surface area contributed by atoms with Crippen molar-refractivity contribution in [1.29, 1.82) is 0 Å². The van der Waals surface area contributed by atoms with Crippen LogP contribution in [0.25, 0.3) is 16.9 Å². The zero-order valence-electron chi connectivity index (χ0n) is 15.2. The third kappa shape index (κ3) is 2.43. The first kappa shape index (κ1) is 16.5. The monoisotopic (exact) mass is 347 g/mol. The van der Waals surface area contributed by atoms with Gasteiger partial charge in [0.25, 0.3) is 0 Å². The third-order valence-corrected chi connectivity index (χ3v) is 5.23. The van der Waals surface area contributed by atoms with E-state index in [1.54, 1.807) is 14.0 Å². The van der Waals surface area contributed by atoms with Crippen molar-refractivity contribution < 1.29 is 9.53 Å². The maximum absolute atomic E-state index is 11.7. The van der Waals surface area contributed by atoms with Gasteiger partial charge in [0.1, 0.15) is 0 Å². The number of ether oxygens (including phenoxy) is 1. The fourth-order valence-corrected chi connectivity index (χ4v) is 3.38. The highest BCUT2D eigenvalue weighted by atomic mass is 16.5. The van der Waals surface area contributed by atoms with Crippen molar-refractivity contribution in [3.8, 4) is 17.0 Å². The lowest BCUT2D eigenvalue weighted by Crippen LogP contribution is -2.10. The standard InChI is InChI=1S/C21H21N3O2/c1-13(2)21(10-11-21)20-22-19-18(26-4)9-8-17(24(19)23-20)16-7-5-6-15(12-16)14(3)25/h5-9,12H,1,10-11H2,2-4H3. The number of aromatic nitrogens is 3. The summed E-state index contributed by atoms with van der Waals surface area (Å²) in [5, 5.41) is 4.81. The highest BCUT2D eigenvalue weighted by Gasteiger charge is 2.48. The average Bonchev–Trinajstić information content (AvgIpc) is 3.34. The smallest absolute Gasteiger partial charge is 0.198 e. The third-order valence-electron chi connectivity index (χ3n) is 5.23. The predicted octanol–water partition coefficient (Wildman–Crippen LogP) is 4.22. The lowest BCUT2D eigenvalue weighted by Gasteiger charge is -2.09. The van der Waals surface area contributed by atoms with Crippen molar-refractivity contribution in [2.45, 2.75) is 32.1 Å². The molecule has 132 valence electrons. The van der Waals surface area contributed by atoms with Gasteiger partial charge in [-0.2, -0.15) is 0 Å². The van der Waals surface area contributed by atoms with Gasteiger partial charge < -0.3 is 4.74 Å². The minimum atomic E-state index is -0.116. The maximum Gasteiger partial charge on any atom is 0.198 e. The van der Waals surface area contributed by atoms with Crippen LogP contribution >= 0.6 is 0 Å². The Morgan fingerprint density at radius 1 is 1.23 bits per heavy atom. The van der Waals surface area contributed by atoms with Gasteiger partial charge >= 0.3 is 0 Å². The molecule has 5 nitrogen and oxygen atoms in total. The maximum atomic E-state index is 11.7. The average molecular weight is 347 g/mol. The Hall–Kier alpha value is -2.95. The molecule has 1 saturated carbocycles. The number of hydrogen-bond acceptors (Lipinski definition) is 4. The van der Waals surface area contributed by atoms with E-state index in [0.29, 0.717) is 17.0 Å². The van der Waals surface area contributed by atoms with Crippen molar-refractivity contribution in [3.05, 3.63) is 59.9 Å². The molecule has 1 aliphatic carbocycles. The molecule has 1 aromatic carbocycles. The highest BCUT2D eigenvalue weighted by Crippen LogP contribution is 2.52. The number of methoxy groups -OCH3 is 1. The van der Waals surface area contributed by atoms with E-state index in [1.165, 1.54) is 0 Å². The molecule has 4 rings (SSSR count). The SMILES string of the molecule is C=C(C)C1(c2nc3c(OC)ccc(-c4cccc(C(C)=O)c4)n3n2)CC1. The van der Waals surface area contributed by atoms with Gasteiger partial charge in [-0.15, -0.1) is 5.10 Å². The molecule has 26 heavy (non-hydrogen) atoms. The number of hydrogen-bond donors (Lipinski definition) is 0. The van der Waals surface area contributed by atoms with Crippen LogP contribution in [0.5, 0.6) is 5.75 Å². The summed E-state index contributed by atoms with van der Waals surface area (Å²) in [5.41, 5.74) is 4.12. The second-order valence-corrected chi connectivity index (χ2v) is 6.96. The van der Waals surface area contributed by atoms with Crippen molar-refractivity contribution in [2.75, 3.05) is 7.11 Å². The van der Waals surface area contributed by atoms with Crippen molar-refractivity contribution in [2.24, 2.45) is 0 Å². The van der Waals surface area contributed by atoms with Gasteiger partial charge in [0.15, 0.2) is 23.0 Å². The summed E-state index contributed by atoms with van der Waals surface area (Å²) in [6, 6.07) is 11.4. The molecule has 0 aliphatic heterocycles. The van der Waals surface area contributed by atoms with E-state index in [4.69, 9.17) is 14.8 Å². The Morgan fingerprint density at radius 3 is 2.62 bits per heavy atom. The molecule has 0 atom stereocenters. The summed E-state index contributed by atoms with van der Waals surface area (Å²) in [7, 11) is 1.63. The number of Topliss-reactive ketones (excluding diaryl/α,β-unsaturated/α-hetero) is 1. The summed E-state index contributed by atoms with van der Waals surface area (Å²) in [6.45, 7) is 7.74. The van der Waals surface area contributed by atoms with Gasteiger partial charge in [-0.3, -0.25) is 4.79 Å². The number of fused-ring (bicyclic) bond motifs is 1. The molecule has 2 heterocycles. The minimum Gasteiger partial charge on any atom is -0.493 e. The number of benzene rings is 1. The Labute approximate surface area is 152 Å². The van der Waals surface area contributed by atoms with Crippen LogP contribution in [0.2, 0.25) is 0 Å². The predicted molar refractivity (Wildman–Crippen MR) is 101 cm³/mol. The zero-order valence-corrected chi connectivity index (χ0v) is 15.2. The summed E-state index contributed by atoms with van der Waals surface area (Å²) in [5.74, 6) is 1.50. The Balaban J connectivity index is 1.94. The molecule has 2 aromatic heterocycles. The number of pyridine rings is 1. The summed E-state index contributed by atoms with van der Waals surface area (Å²) < 4.78 is 7.30. The molecule has 0 radical (unpaired) electrons. The van der Waals surface area contributed by atoms with Crippen LogP contribution in [-0.2, 0) is 5.41 Å². The highest BCUT2D eigenvalue weighted by molar-refractivity contribution is 5.95. The summed E-state index contributed by atoms with van der Waals surface area (Å²) in [6.07, 6.45) is 2.05. The van der Waals surface area contributed by atoms with Gasteiger partial charge in [-0.05, 0) is 44.9 Å². The molecule has 0 saturated heterocycles. The number of allylic oxidation sites excluding steroid dienone is 1. The number of ketones is 1. The Kier molecular flexibility index (Phi) is 3.68. The first-order valence-electron chi connectivity index (χ1n) is 8.68. The fourth-order valence-electron chi connectivity index (χ4n) is 3.38. The molecule has 3 aromatic rings. The number of nitrogens with zero attached hydrogens (tertiary/aromatic N) is 3. The minimum absolute atomic E-state index is 0.0371. The summed E-state index contributed by atoms with van der Waals surface area (Å²) in [4.78, 5) is 16.5. The van der Waals surface area contributed by atoms with Crippen LogP contribution in [0.1, 0.15) is 42.9 Å². The van der Waals surface area contributed by atoms with E-state index in [1.807, 2.05) is 47.8 Å². The normalized spacial score (nSPS) is 15.0. The van der Waals surface area contributed by atoms with Crippen LogP contribution in [0.3, 0.4) is 0 Å². The molecule has 1 aliphatic rings. The number of carbonyl (C=O) groups excluding carboxylic acids is 1. The van der Waals surface area contributed by atoms with Crippen LogP contribution in [0, 0.1) is 0 Å². The zero-order chi connectivity index (χ0) is 18.5. The van der Waals surface area contributed by atoms with Crippen LogP contribution in [0.15, 0.2) is 48.6 Å². The number of carbonyl (C=O) groups is 1. The first-order valence-corrected chi connectivity index (χ1v) is 8.68. The van der Waals surface area contributed by atoms with Crippen molar-refractivity contribution in [1.82, 2.24) is 14.6 Å². The molecular formula is C21H21N3O2. The van der Waals surface area contributed by atoms with E-state index in [-0.39, 0.29) is 11.2 Å². The number of rotatable bonds is 5. The van der Waals surface area contributed by atoms with E-state index in [2.05, 4.69) is 6.58 Å². The molecule has 0 amide bonds. The van der Waals surface area contributed by atoms with Crippen molar-refractivity contribution >= 4 is 11.4 Å². The fraction of sp³-hybridized carbons (Fsp3) is 0.286. The van der Waals surface area contributed by atoms with Crippen LogP contribution in [0.4, 0.5) is 0 Å². The van der Waals surface area contributed by atoms with Gasteiger partial charge in [-0.1, -0.05) is 30.4 Å². The topological polar surface area (TPSA) is 56.5 Å². The second kappa shape index (κ2) is 5.80. The van der Waals surface area contributed by atoms with Crippen LogP contribution in [-0.4, -0.2) is 27.5 Å². The molecular weight excluding hydrogens is 326 g/mol. The van der Waals surface area contributed by atoms with Gasteiger partial charge in [0, 0.05) is 11.1 Å². The van der Waals surface area contributed by atoms with E-state index >= 15 is 0 Å². The summed E-state index contributed by atoms with van der Waals surface area (Å²) >= 11 is 0. The molecule has 0 unspecified atom stereocenters. The van der Waals surface area contributed by atoms with Crippen molar-refractivity contribution in [3.63, 3.8) is 0 Å². The largest absolute Gasteiger partial charge is 0.493 e. The van der Waals surface area contributed by atoms with E-state index in [0.717, 1.165) is 35.5 Å². The lowest BCUT2D eigenvalue weighted by molar-refractivity contribution is 0.101. The van der Waals surface area contributed by atoms with E-state index in [9.17, 15) is 4.79 Å². The molecule has 1 fully saturated rings. The second-order valence-electron chi connectivity index (χ2n) is 6.96. The van der Waals surface area contributed by atoms with E-state index < -0.39 is 0 Å². The van der Waals surface area contributed by atoms with Gasteiger partial charge in [-0.25, -0.2) is 9.50 Å². The van der Waals surface area contributed by atoms with Gasteiger partial charge in [0.2, 0.25) is 0 Å². The molecule has 0 spiro atoms. The lowest BCUT2D eigenvalue weighted by atomic mass is 9.98. The first-order chi connectivity index (χ1) is 12.5. The Morgan fingerprint density at radius 2 is 2.00 bits per heavy atom. The molecule has 0 bridgehead atoms. The van der Waals surface area contributed by atoms with Gasteiger partial charge in [0.05, 0.1) is 18.2 Å².